The standard InChI is InChI=1S/C15H32Si2/c1-8-9-10-11-12-14-13-15(14,16(2,3)4)17(5,6)7/h12H,8-11,13H2,1-7H3/b14-12+. The van der Waals surface area contributed by atoms with Crippen LogP contribution in [0, 0.1) is 0 Å². The summed E-state index contributed by atoms with van der Waals surface area (Å²) < 4.78 is 0.728. The van der Waals surface area contributed by atoms with Gasteiger partial charge in [0.15, 0.2) is 0 Å². The SMILES string of the molecule is CCCCC/C=C1\CC1([Si](C)(C)C)[Si](C)(C)C. The molecule has 1 fully saturated rings. The number of hydrogen-bond donors (Lipinski definition) is 0. The zero-order valence-electron chi connectivity index (χ0n) is 13.1. The summed E-state index contributed by atoms with van der Waals surface area (Å²) in [6.45, 7) is 17.8. The molecular formula is C15H32Si2. The third-order valence-corrected chi connectivity index (χ3v) is 15.3. The molecule has 1 aliphatic carbocycles. The van der Waals surface area contributed by atoms with E-state index in [2.05, 4.69) is 52.3 Å². The molecule has 100 valence electrons. The summed E-state index contributed by atoms with van der Waals surface area (Å²) in [5.41, 5.74) is 1.85. The van der Waals surface area contributed by atoms with E-state index in [1.807, 2.05) is 5.57 Å². The fourth-order valence-corrected chi connectivity index (χ4v) is 16.3. The first-order chi connectivity index (χ1) is 7.67. The van der Waals surface area contributed by atoms with Gasteiger partial charge < -0.3 is 0 Å². The number of allylic oxidation sites excluding steroid dienone is 2. The maximum atomic E-state index is 2.62. The lowest BCUT2D eigenvalue weighted by molar-refractivity contribution is 0.728. The van der Waals surface area contributed by atoms with Crippen molar-refractivity contribution in [3.8, 4) is 0 Å². The Hall–Kier alpha value is 0.174. The molecule has 0 aromatic carbocycles. The van der Waals surface area contributed by atoms with Crippen molar-refractivity contribution in [2.24, 2.45) is 0 Å². The molecule has 0 saturated heterocycles. The maximum Gasteiger partial charge on any atom is 0.0527 e. The zero-order chi connectivity index (χ0) is 13.3. The lowest BCUT2D eigenvalue weighted by atomic mass is 10.2. The van der Waals surface area contributed by atoms with Gasteiger partial charge in [-0.05, 0) is 23.9 Å². The van der Waals surface area contributed by atoms with Crippen LogP contribution in [0.1, 0.15) is 39.0 Å². The van der Waals surface area contributed by atoms with E-state index < -0.39 is 16.1 Å². The Balaban J connectivity index is 2.74. The monoisotopic (exact) mass is 268 g/mol. The third kappa shape index (κ3) is 2.95. The van der Waals surface area contributed by atoms with Crippen molar-refractivity contribution in [1.82, 2.24) is 0 Å². The summed E-state index contributed by atoms with van der Waals surface area (Å²) in [4.78, 5) is 0. The molecule has 0 aromatic rings. The Kier molecular flexibility index (Phi) is 4.52. The lowest BCUT2D eigenvalue weighted by Crippen LogP contribution is -2.46. The van der Waals surface area contributed by atoms with Gasteiger partial charge >= 0.3 is 0 Å². The molecule has 0 nitrogen and oxygen atoms in total. The van der Waals surface area contributed by atoms with E-state index in [1.54, 1.807) is 0 Å². The largest absolute Gasteiger partial charge is 0.0853 e. The second-order valence-corrected chi connectivity index (χ2v) is 19.0. The molecule has 17 heavy (non-hydrogen) atoms. The van der Waals surface area contributed by atoms with Crippen LogP contribution in [0.2, 0.25) is 43.9 Å². The van der Waals surface area contributed by atoms with Crippen molar-refractivity contribution >= 4 is 16.1 Å². The van der Waals surface area contributed by atoms with Gasteiger partial charge in [-0.15, -0.1) is 0 Å². The predicted octanol–water partition coefficient (Wildman–Crippen LogP) is 5.85. The molecule has 0 aliphatic heterocycles. The predicted molar refractivity (Wildman–Crippen MR) is 86.2 cm³/mol. The van der Waals surface area contributed by atoms with Crippen LogP contribution in [0.15, 0.2) is 11.6 Å². The highest BCUT2D eigenvalue weighted by molar-refractivity contribution is 7.01. The molecule has 1 aliphatic rings. The molecule has 0 amide bonds. The Morgan fingerprint density at radius 3 is 1.88 bits per heavy atom. The number of hydrogen-bond acceptors (Lipinski definition) is 0. The Bertz CT molecular complexity index is 275. The number of rotatable bonds is 6. The van der Waals surface area contributed by atoms with Gasteiger partial charge in [-0.25, -0.2) is 0 Å². The number of unbranched alkanes of at least 4 members (excludes halogenated alkanes) is 3. The zero-order valence-corrected chi connectivity index (χ0v) is 15.1. The second kappa shape index (κ2) is 5.04. The highest BCUT2D eigenvalue weighted by Gasteiger charge is 2.63. The van der Waals surface area contributed by atoms with Crippen LogP contribution in [-0.4, -0.2) is 16.1 Å². The maximum absolute atomic E-state index is 2.62. The lowest BCUT2D eigenvalue weighted by Gasteiger charge is -2.39. The molecule has 0 aromatic heterocycles. The van der Waals surface area contributed by atoms with E-state index in [0.717, 1.165) is 4.66 Å². The summed E-state index contributed by atoms with van der Waals surface area (Å²) in [6.07, 6.45) is 9.54. The molecule has 0 radical (unpaired) electrons. The van der Waals surface area contributed by atoms with E-state index in [1.165, 1.54) is 32.1 Å². The van der Waals surface area contributed by atoms with Gasteiger partial charge in [0, 0.05) is 0 Å². The minimum Gasteiger partial charge on any atom is -0.0853 e. The summed E-state index contributed by atoms with van der Waals surface area (Å²) in [5.74, 6) is 0. The van der Waals surface area contributed by atoms with Gasteiger partial charge in [0.2, 0.25) is 0 Å². The molecule has 1 rings (SSSR count). The van der Waals surface area contributed by atoms with Gasteiger partial charge in [-0.2, -0.15) is 0 Å². The summed E-state index contributed by atoms with van der Waals surface area (Å²) in [5, 5.41) is 0. The van der Waals surface area contributed by atoms with Crippen LogP contribution >= 0.6 is 0 Å². The van der Waals surface area contributed by atoms with E-state index in [-0.39, 0.29) is 0 Å². The third-order valence-electron chi connectivity index (χ3n) is 4.64. The Morgan fingerprint density at radius 1 is 1.00 bits per heavy atom. The van der Waals surface area contributed by atoms with E-state index in [9.17, 15) is 0 Å². The molecule has 0 atom stereocenters. The average molecular weight is 269 g/mol. The first-order valence-corrected chi connectivity index (χ1v) is 14.4. The summed E-state index contributed by atoms with van der Waals surface area (Å²) in [6, 6.07) is 0. The molecule has 0 bridgehead atoms. The van der Waals surface area contributed by atoms with Crippen LogP contribution in [0.3, 0.4) is 0 Å². The fraction of sp³-hybridized carbons (Fsp3) is 0.867. The van der Waals surface area contributed by atoms with E-state index in [0.29, 0.717) is 0 Å². The second-order valence-electron chi connectivity index (χ2n) is 7.81. The molecule has 0 N–H and O–H groups in total. The summed E-state index contributed by atoms with van der Waals surface area (Å²) in [7, 11) is -2.09. The van der Waals surface area contributed by atoms with Crippen molar-refractivity contribution in [1.29, 1.82) is 0 Å². The molecule has 2 heteroatoms. The quantitative estimate of drug-likeness (QED) is 0.322. The van der Waals surface area contributed by atoms with Crippen molar-refractivity contribution in [2.45, 2.75) is 83.0 Å². The van der Waals surface area contributed by atoms with E-state index in [4.69, 9.17) is 0 Å². The first kappa shape index (κ1) is 15.2. The molecule has 0 heterocycles. The van der Waals surface area contributed by atoms with Gasteiger partial charge in [-0.3, -0.25) is 0 Å². The normalized spacial score (nSPS) is 21.9. The van der Waals surface area contributed by atoms with Gasteiger partial charge in [0.05, 0.1) is 16.1 Å². The van der Waals surface area contributed by atoms with Crippen molar-refractivity contribution in [2.75, 3.05) is 0 Å². The Labute approximate surface area is 111 Å². The van der Waals surface area contributed by atoms with Crippen LogP contribution in [0.5, 0.6) is 0 Å². The smallest absolute Gasteiger partial charge is 0.0527 e. The average Bonchev–Trinajstić information content (AvgIpc) is 2.86. The fourth-order valence-electron chi connectivity index (χ4n) is 3.78. The van der Waals surface area contributed by atoms with E-state index >= 15 is 0 Å². The topological polar surface area (TPSA) is 0 Å². The molecule has 0 unspecified atom stereocenters. The Morgan fingerprint density at radius 2 is 1.53 bits per heavy atom. The van der Waals surface area contributed by atoms with Gasteiger partial charge in [0.25, 0.3) is 0 Å². The highest BCUT2D eigenvalue weighted by Crippen LogP contribution is 2.70. The van der Waals surface area contributed by atoms with Crippen LogP contribution in [-0.2, 0) is 0 Å². The van der Waals surface area contributed by atoms with Crippen molar-refractivity contribution in [3.05, 3.63) is 11.6 Å². The van der Waals surface area contributed by atoms with Gasteiger partial charge in [-0.1, -0.05) is 70.7 Å². The summed E-state index contributed by atoms with van der Waals surface area (Å²) >= 11 is 0. The molecular weight excluding hydrogens is 236 g/mol. The molecule has 1 saturated carbocycles. The highest BCUT2D eigenvalue weighted by atomic mass is 28.4. The minimum absolute atomic E-state index is 0.728. The van der Waals surface area contributed by atoms with Crippen LogP contribution in [0.25, 0.3) is 0 Å². The van der Waals surface area contributed by atoms with Crippen molar-refractivity contribution in [3.63, 3.8) is 0 Å². The first-order valence-electron chi connectivity index (χ1n) is 7.36. The molecule has 0 spiro atoms. The minimum atomic E-state index is -1.05. The van der Waals surface area contributed by atoms with Crippen molar-refractivity contribution < 1.29 is 0 Å². The van der Waals surface area contributed by atoms with Crippen LogP contribution in [0.4, 0.5) is 0 Å². The van der Waals surface area contributed by atoms with Crippen LogP contribution < -0.4 is 0 Å². The van der Waals surface area contributed by atoms with Gasteiger partial charge in [0.1, 0.15) is 0 Å².